The smallest absolute Gasteiger partial charge is 0.335 e. The van der Waals surface area contributed by atoms with Crippen LogP contribution >= 0.6 is 0 Å². The number of hydrogen-bond donors (Lipinski definition) is 6. The van der Waals surface area contributed by atoms with Crippen molar-refractivity contribution >= 4 is 23.8 Å². The maximum atomic E-state index is 13.5. The molecule has 7 aliphatic rings. The molecule has 13 heteroatoms. The summed E-state index contributed by atoms with van der Waals surface area (Å²) in [6.45, 7) is 1.89. The topological polar surface area (TPSA) is 205 Å². The quantitative estimate of drug-likeness (QED) is 0.238. The Hall–Kier alpha value is -3.52. The molecular weight excluding hydrogens is 588 g/mol. The predicted molar refractivity (Wildman–Crippen MR) is 153 cm³/mol. The Kier molecular flexibility index (Phi) is 7.04. The molecule has 7 atom stereocenters. The van der Waals surface area contributed by atoms with Gasteiger partial charge in [0.25, 0.3) is 11.8 Å². The van der Waals surface area contributed by atoms with Gasteiger partial charge in [-0.1, -0.05) is 6.07 Å². The fraction of sp³-hybridized carbons (Fsp3) is 0.625. The number of aliphatic hydroxyl groups is 3. The molecule has 0 radical (unpaired) electrons. The van der Waals surface area contributed by atoms with Gasteiger partial charge in [0.05, 0.1) is 17.1 Å². The van der Waals surface area contributed by atoms with Crippen LogP contribution in [0.4, 0.5) is 0 Å². The van der Waals surface area contributed by atoms with Gasteiger partial charge in [0, 0.05) is 29.3 Å². The largest absolute Gasteiger partial charge is 0.504 e. The van der Waals surface area contributed by atoms with Crippen LogP contribution in [0.1, 0.15) is 68.9 Å². The number of imide groups is 1. The molecule has 2 bridgehead atoms. The third-order valence-corrected chi connectivity index (χ3v) is 11.3. The summed E-state index contributed by atoms with van der Waals surface area (Å²) >= 11 is 0. The lowest BCUT2D eigenvalue weighted by Gasteiger charge is -2.64. The zero-order chi connectivity index (χ0) is 32.0. The molecule has 3 heterocycles. The Morgan fingerprint density at radius 1 is 0.956 bits per heavy atom. The van der Waals surface area contributed by atoms with Crippen molar-refractivity contribution in [1.82, 2.24) is 9.80 Å². The van der Waals surface area contributed by atoms with Crippen molar-refractivity contribution in [3.8, 4) is 11.5 Å². The van der Waals surface area contributed by atoms with Crippen LogP contribution in [-0.2, 0) is 31.0 Å². The molecule has 13 nitrogen and oxygen atoms in total. The minimum absolute atomic E-state index is 0.0109. The number of phenols is 1. The van der Waals surface area contributed by atoms with E-state index in [0.29, 0.717) is 49.0 Å². The molecule has 8 rings (SSSR count). The zero-order valence-electron chi connectivity index (χ0n) is 24.7. The molecule has 45 heavy (non-hydrogen) atoms. The fourth-order valence-corrected chi connectivity index (χ4v) is 9.05. The van der Waals surface area contributed by atoms with Crippen molar-refractivity contribution in [3.63, 3.8) is 0 Å². The number of benzene rings is 1. The van der Waals surface area contributed by atoms with Crippen molar-refractivity contribution in [2.24, 2.45) is 5.92 Å². The molecule has 2 amide bonds. The molecule has 2 saturated carbocycles. The Morgan fingerprint density at radius 2 is 1.58 bits per heavy atom. The minimum Gasteiger partial charge on any atom is -0.504 e. The second-order valence-corrected chi connectivity index (χ2v) is 13.6. The first-order chi connectivity index (χ1) is 21.4. The maximum absolute atomic E-state index is 13.5. The Bertz CT molecular complexity index is 1470. The summed E-state index contributed by atoms with van der Waals surface area (Å²) in [4.78, 5) is 50.6. The number of carbonyl (C=O) groups excluding carboxylic acids is 2. The summed E-state index contributed by atoms with van der Waals surface area (Å²) in [6.07, 6.45) is 3.21. The van der Waals surface area contributed by atoms with Gasteiger partial charge < -0.3 is 35.4 Å². The van der Waals surface area contributed by atoms with E-state index >= 15 is 0 Å². The molecule has 0 aromatic heterocycles. The normalized spacial score (nSPS) is 34.3. The maximum Gasteiger partial charge on any atom is 0.335 e. The average molecular weight is 627 g/mol. The number of likely N-dealkylation sites (tertiary alicyclic amines) is 1. The van der Waals surface area contributed by atoms with Gasteiger partial charge in [0.1, 0.15) is 6.10 Å². The Morgan fingerprint density at radius 3 is 2.16 bits per heavy atom. The summed E-state index contributed by atoms with van der Waals surface area (Å²) in [5.74, 6) is -2.57. The Labute approximate surface area is 258 Å². The molecular formula is C32H38N2O11. The molecule has 4 aliphatic carbocycles. The number of aliphatic hydroxyl groups excluding tert-OH is 2. The van der Waals surface area contributed by atoms with E-state index in [4.69, 9.17) is 25.2 Å². The van der Waals surface area contributed by atoms with Crippen molar-refractivity contribution in [2.75, 3.05) is 13.1 Å². The minimum atomic E-state index is -2.27. The molecule has 3 aliphatic heterocycles. The van der Waals surface area contributed by atoms with E-state index < -0.39 is 47.3 Å². The third kappa shape index (κ3) is 4.27. The van der Waals surface area contributed by atoms with Crippen LogP contribution < -0.4 is 4.74 Å². The number of carbonyl (C=O) groups is 4. The van der Waals surface area contributed by atoms with E-state index in [9.17, 15) is 29.4 Å². The van der Waals surface area contributed by atoms with Gasteiger partial charge >= 0.3 is 11.9 Å². The van der Waals surface area contributed by atoms with E-state index in [1.807, 2.05) is 6.07 Å². The summed E-state index contributed by atoms with van der Waals surface area (Å²) < 4.78 is 6.59. The number of carboxylic acid groups (broad SMARTS) is 2. The second-order valence-electron chi connectivity index (χ2n) is 13.6. The van der Waals surface area contributed by atoms with Gasteiger partial charge in [-0.2, -0.15) is 0 Å². The third-order valence-electron chi connectivity index (χ3n) is 11.3. The van der Waals surface area contributed by atoms with Crippen LogP contribution in [0.2, 0.25) is 0 Å². The van der Waals surface area contributed by atoms with Crippen LogP contribution in [0, 0.1) is 5.92 Å². The molecule has 1 aromatic carbocycles. The fourth-order valence-electron chi connectivity index (χ4n) is 9.05. The molecule has 242 valence electrons. The van der Waals surface area contributed by atoms with E-state index in [1.165, 1.54) is 17.7 Å². The highest BCUT2D eigenvalue weighted by Crippen LogP contribution is 2.66. The highest BCUT2D eigenvalue weighted by Gasteiger charge is 2.74. The molecule has 3 fully saturated rings. The number of rotatable bonds is 6. The van der Waals surface area contributed by atoms with Crippen LogP contribution in [0.15, 0.2) is 23.3 Å². The molecule has 1 aromatic rings. The lowest BCUT2D eigenvalue weighted by Crippen LogP contribution is -2.78. The number of aliphatic carboxylic acids is 2. The summed E-state index contributed by atoms with van der Waals surface area (Å²) in [7, 11) is 0. The molecule has 1 saturated heterocycles. The predicted octanol–water partition coefficient (Wildman–Crippen LogP) is 0.442. The molecule has 1 spiro atoms. The van der Waals surface area contributed by atoms with Gasteiger partial charge in [0.2, 0.25) is 0 Å². The standard InChI is InChI=1S/C28H32N2O5.C4H6O6/c31-20-8-7-16-13-21-28(34)10-9-19(30-25(32)17-3-1-2-4-18(17)26(30)33)24-27(28,22(16)23(20)35-24)11-12-29(21)14-15-5-6-15;5-1(3(7)8)2(6)4(9)10/h7-8,15,19,21,24,31,34H,1-6,9-14H2;1-2,5-6H,(H,7,8)(H,9,10)/t19-,21-,24+,27+,28-;/m1./s1. The van der Waals surface area contributed by atoms with Crippen LogP contribution in [0.25, 0.3) is 0 Å². The van der Waals surface area contributed by atoms with Crippen molar-refractivity contribution in [2.45, 2.75) is 106 Å². The van der Waals surface area contributed by atoms with E-state index in [-0.39, 0.29) is 23.6 Å². The number of nitrogens with zero attached hydrogens (tertiary/aromatic N) is 2. The second kappa shape index (κ2) is 10.5. The molecule has 6 N–H and O–H groups in total. The van der Waals surface area contributed by atoms with Gasteiger partial charge in [-0.25, -0.2) is 9.59 Å². The number of hydrogen-bond acceptors (Lipinski definition) is 10. The van der Waals surface area contributed by atoms with Crippen molar-refractivity contribution < 1.29 is 54.6 Å². The number of phenolic OH excluding ortho intramolecular Hbond substituents is 1. The summed E-state index contributed by atoms with van der Waals surface area (Å²) in [5, 5.41) is 56.0. The van der Waals surface area contributed by atoms with E-state index in [1.54, 1.807) is 6.07 Å². The average Bonchev–Trinajstić information content (AvgIpc) is 3.71. The number of amides is 2. The first kappa shape index (κ1) is 30.2. The molecule has 2 unspecified atom stereocenters. The monoisotopic (exact) mass is 626 g/mol. The first-order valence-electron chi connectivity index (χ1n) is 15.8. The number of piperidine rings is 1. The SMILES string of the molecule is O=C(O)C(O)C(O)C(=O)O.O=C1C2=C(CCCC2)C(=O)N1[C@@H]1CC[C@@]2(O)[C@H]3Cc4ccc(O)c5c4[C@@]2(CCN3CC2CC2)[C@H]1O5. The van der Waals surface area contributed by atoms with Crippen molar-refractivity contribution in [3.05, 3.63) is 34.4 Å². The van der Waals surface area contributed by atoms with Gasteiger partial charge in [-0.05, 0) is 88.3 Å². The highest BCUT2D eigenvalue weighted by atomic mass is 16.5. The number of ether oxygens (including phenoxy) is 1. The van der Waals surface area contributed by atoms with Crippen molar-refractivity contribution in [1.29, 1.82) is 0 Å². The van der Waals surface area contributed by atoms with Crippen LogP contribution in [0.5, 0.6) is 11.5 Å². The number of aromatic hydroxyl groups is 1. The van der Waals surface area contributed by atoms with Crippen LogP contribution in [0.3, 0.4) is 0 Å². The summed E-state index contributed by atoms with van der Waals surface area (Å²) in [5.41, 5.74) is 1.73. The van der Waals surface area contributed by atoms with Gasteiger partial charge in [-0.3, -0.25) is 19.4 Å². The lowest BCUT2D eigenvalue weighted by molar-refractivity contribution is -0.201. The van der Waals surface area contributed by atoms with Gasteiger partial charge in [-0.15, -0.1) is 0 Å². The van der Waals surface area contributed by atoms with Crippen LogP contribution in [-0.4, -0.2) is 113 Å². The highest BCUT2D eigenvalue weighted by molar-refractivity contribution is 6.19. The van der Waals surface area contributed by atoms with Gasteiger partial charge in [0.15, 0.2) is 23.7 Å². The van der Waals surface area contributed by atoms with E-state index in [2.05, 4.69) is 4.90 Å². The lowest BCUT2D eigenvalue weighted by atomic mass is 9.48. The number of carboxylic acids is 2. The zero-order valence-corrected chi connectivity index (χ0v) is 24.7. The first-order valence-corrected chi connectivity index (χ1v) is 15.8. The summed E-state index contributed by atoms with van der Waals surface area (Å²) in [6, 6.07) is 3.25. The van der Waals surface area contributed by atoms with E-state index in [0.717, 1.165) is 49.4 Å². The Balaban J connectivity index is 0.000000284.